The van der Waals surface area contributed by atoms with Crippen LogP contribution < -0.4 is 5.73 Å². The second kappa shape index (κ2) is 5.44. The molecule has 2 heterocycles. The van der Waals surface area contributed by atoms with E-state index in [2.05, 4.69) is 0 Å². The summed E-state index contributed by atoms with van der Waals surface area (Å²) >= 11 is 0. The Labute approximate surface area is 111 Å². The summed E-state index contributed by atoms with van der Waals surface area (Å²) in [4.78, 5) is 24.2. The topological polar surface area (TPSA) is 102 Å². The number of carboxylic acid groups (broad SMARTS) is 1. The first kappa shape index (κ1) is 14.2. The normalized spacial score (nSPS) is 29.1. The summed E-state index contributed by atoms with van der Waals surface area (Å²) in [7, 11) is 0. The minimum Gasteiger partial charge on any atom is -0.480 e. The minimum atomic E-state index is -1.00. The predicted molar refractivity (Wildman–Crippen MR) is 65.5 cm³/mol. The van der Waals surface area contributed by atoms with E-state index in [1.54, 1.807) is 11.8 Å². The number of aliphatic carboxylic acids is 1. The van der Waals surface area contributed by atoms with Crippen molar-refractivity contribution in [2.75, 3.05) is 26.2 Å². The van der Waals surface area contributed by atoms with E-state index in [0.717, 1.165) is 6.42 Å². The van der Waals surface area contributed by atoms with Gasteiger partial charge in [0.15, 0.2) is 0 Å². The molecular formula is C12H20N2O5. The van der Waals surface area contributed by atoms with Crippen LogP contribution in [0.5, 0.6) is 0 Å². The van der Waals surface area contributed by atoms with Gasteiger partial charge in [-0.25, -0.2) is 4.79 Å². The maximum absolute atomic E-state index is 12.1. The zero-order valence-corrected chi connectivity index (χ0v) is 11.0. The lowest BCUT2D eigenvalue weighted by Crippen LogP contribution is -2.65. The highest BCUT2D eigenvalue weighted by Gasteiger charge is 2.45. The summed E-state index contributed by atoms with van der Waals surface area (Å²) in [5.74, 6) is -1.05. The van der Waals surface area contributed by atoms with E-state index in [-0.39, 0.29) is 18.6 Å². The molecule has 2 aliphatic rings. The first-order valence-corrected chi connectivity index (χ1v) is 6.43. The number of rotatable bonds is 5. The van der Waals surface area contributed by atoms with Gasteiger partial charge >= 0.3 is 5.97 Å². The van der Waals surface area contributed by atoms with Crippen molar-refractivity contribution in [3.05, 3.63) is 0 Å². The van der Waals surface area contributed by atoms with Crippen molar-refractivity contribution < 1.29 is 24.2 Å². The molecule has 0 aliphatic carbocycles. The highest BCUT2D eigenvalue weighted by Crippen LogP contribution is 2.28. The molecule has 2 aliphatic heterocycles. The highest BCUT2D eigenvalue weighted by molar-refractivity contribution is 5.82. The number of hydrogen-bond acceptors (Lipinski definition) is 5. The Morgan fingerprint density at radius 2 is 2.16 bits per heavy atom. The summed E-state index contributed by atoms with van der Waals surface area (Å²) < 4.78 is 10.8. The lowest BCUT2D eigenvalue weighted by Gasteiger charge is -2.47. The van der Waals surface area contributed by atoms with Crippen LogP contribution >= 0.6 is 0 Å². The predicted octanol–water partition coefficient (Wildman–Crippen LogP) is -0.805. The second-order valence-electron chi connectivity index (χ2n) is 5.39. The molecule has 2 unspecified atom stereocenters. The van der Waals surface area contributed by atoms with Gasteiger partial charge in [0.25, 0.3) is 5.91 Å². The van der Waals surface area contributed by atoms with Crippen LogP contribution in [0.15, 0.2) is 0 Å². The van der Waals surface area contributed by atoms with E-state index in [1.807, 2.05) is 0 Å². The van der Waals surface area contributed by atoms with Crippen LogP contribution in [-0.2, 0) is 19.1 Å². The molecule has 0 radical (unpaired) electrons. The third-order valence-corrected chi connectivity index (χ3v) is 3.55. The smallest absolute Gasteiger partial charge is 0.329 e. The summed E-state index contributed by atoms with van der Waals surface area (Å²) in [6, 6.07) is 0. The van der Waals surface area contributed by atoms with Crippen molar-refractivity contribution in [1.82, 2.24) is 4.90 Å². The molecule has 0 aromatic rings. The molecule has 0 saturated carbocycles. The molecule has 0 spiro atoms. The van der Waals surface area contributed by atoms with Gasteiger partial charge in [0, 0.05) is 6.54 Å². The van der Waals surface area contributed by atoms with E-state index in [4.69, 9.17) is 20.3 Å². The lowest BCUT2D eigenvalue weighted by molar-refractivity contribution is -0.179. The standard InChI is InChI=1S/C12H20N2O5/c1-12(18-5-10(15)16)6-14(7-12)11(17)9-3-2-8(4-13)19-9/h8-9H,2-7,13H2,1H3,(H,15,16). The largest absolute Gasteiger partial charge is 0.480 e. The van der Waals surface area contributed by atoms with E-state index < -0.39 is 17.7 Å². The van der Waals surface area contributed by atoms with Crippen molar-refractivity contribution in [2.24, 2.45) is 5.73 Å². The van der Waals surface area contributed by atoms with Crippen molar-refractivity contribution in [3.8, 4) is 0 Å². The third-order valence-electron chi connectivity index (χ3n) is 3.55. The molecule has 1 amide bonds. The van der Waals surface area contributed by atoms with Crippen LogP contribution in [0.1, 0.15) is 19.8 Å². The number of carbonyl (C=O) groups is 2. The Kier molecular flexibility index (Phi) is 4.07. The molecule has 2 saturated heterocycles. The lowest BCUT2D eigenvalue weighted by atomic mass is 9.95. The van der Waals surface area contributed by atoms with Crippen LogP contribution in [0.25, 0.3) is 0 Å². The zero-order valence-electron chi connectivity index (χ0n) is 11.0. The number of carboxylic acids is 1. The van der Waals surface area contributed by atoms with Crippen LogP contribution in [0.2, 0.25) is 0 Å². The molecular weight excluding hydrogens is 252 g/mol. The molecule has 108 valence electrons. The molecule has 2 rings (SSSR count). The van der Waals surface area contributed by atoms with Gasteiger partial charge in [0.1, 0.15) is 18.3 Å². The molecule has 7 nitrogen and oxygen atoms in total. The zero-order chi connectivity index (χ0) is 14.0. The molecule has 2 atom stereocenters. The fourth-order valence-corrected chi connectivity index (χ4v) is 2.51. The Morgan fingerprint density at radius 3 is 2.68 bits per heavy atom. The Balaban J connectivity index is 1.77. The molecule has 7 heteroatoms. The van der Waals surface area contributed by atoms with E-state index >= 15 is 0 Å². The number of carbonyl (C=O) groups excluding carboxylic acids is 1. The summed E-state index contributed by atoms with van der Waals surface area (Å²) in [6.45, 7) is 2.72. The maximum atomic E-state index is 12.1. The number of nitrogens with two attached hydrogens (primary N) is 1. The van der Waals surface area contributed by atoms with Crippen molar-refractivity contribution >= 4 is 11.9 Å². The number of hydrogen-bond donors (Lipinski definition) is 2. The number of nitrogens with zero attached hydrogens (tertiary/aromatic N) is 1. The molecule has 0 aromatic heterocycles. The quantitative estimate of drug-likeness (QED) is 0.679. The average molecular weight is 272 g/mol. The minimum absolute atomic E-state index is 0.0233. The Hall–Kier alpha value is -1.18. The number of ether oxygens (including phenoxy) is 2. The molecule has 0 aromatic carbocycles. The molecule has 19 heavy (non-hydrogen) atoms. The number of amides is 1. The van der Waals surface area contributed by atoms with E-state index in [0.29, 0.717) is 26.1 Å². The van der Waals surface area contributed by atoms with Gasteiger partial charge in [-0.1, -0.05) is 0 Å². The maximum Gasteiger partial charge on any atom is 0.329 e. The summed E-state index contributed by atoms with van der Waals surface area (Å²) in [5, 5.41) is 8.56. The van der Waals surface area contributed by atoms with Crippen LogP contribution in [0, 0.1) is 0 Å². The van der Waals surface area contributed by atoms with E-state index in [1.165, 1.54) is 0 Å². The fraction of sp³-hybridized carbons (Fsp3) is 0.833. The molecule has 2 fully saturated rings. The van der Waals surface area contributed by atoms with Gasteiger partial charge in [-0.3, -0.25) is 4.79 Å². The van der Waals surface area contributed by atoms with Crippen LogP contribution in [0.4, 0.5) is 0 Å². The highest BCUT2D eigenvalue weighted by atomic mass is 16.5. The van der Waals surface area contributed by atoms with Gasteiger partial charge in [-0.2, -0.15) is 0 Å². The van der Waals surface area contributed by atoms with Gasteiger partial charge in [-0.05, 0) is 19.8 Å². The van der Waals surface area contributed by atoms with Crippen LogP contribution in [-0.4, -0.2) is 65.9 Å². The Morgan fingerprint density at radius 1 is 1.47 bits per heavy atom. The third kappa shape index (κ3) is 3.23. The monoisotopic (exact) mass is 272 g/mol. The van der Waals surface area contributed by atoms with E-state index in [9.17, 15) is 9.59 Å². The van der Waals surface area contributed by atoms with Gasteiger partial charge < -0.3 is 25.2 Å². The van der Waals surface area contributed by atoms with Crippen molar-refractivity contribution in [3.63, 3.8) is 0 Å². The first-order chi connectivity index (χ1) is 8.93. The Bertz CT molecular complexity index is 367. The van der Waals surface area contributed by atoms with Crippen molar-refractivity contribution in [1.29, 1.82) is 0 Å². The number of likely N-dealkylation sites (tertiary alicyclic amines) is 1. The SMILES string of the molecule is CC1(OCC(=O)O)CN(C(=O)C2CCC(CN)O2)C1. The first-order valence-electron chi connectivity index (χ1n) is 6.43. The fourth-order valence-electron chi connectivity index (χ4n) is 2.51. The summed E-state index contributed by atoms with van der Waals surface area (Å²) in [6.07, 6.45) is 1.08. The average Bonchev–Trinajstić information content (AvgIpc) is 2.80. The van der Waals surface area contributed by atoms with Gasteiger partial charge in [0.2, 0.25) is 0 Å². The summed E-state index contributed by atoms with van der Waals surface area (Å²) in [5.41, 5.74) is 4.95. The molecule has 3 N–H and O–H groups in total. The van der Waals surface area contributed by atoms with Crippen LogP contribution in [0.3, 0.4) is 0 Å². The van der Waals surface area contributed by atoms with Crippen molar-refractivity contribution in [2.45, 2.75) is 37.6 Å². The second-order valence-corrected chi connectivity index (χ2v) is 5.39. The van der Waals surface area contributed by atoms with Gasteiger partial charge in [-0.15, -0.1) is 0 Å². The van der Waals surface area contributed by atoms with Gasteiger partial charge in [0.05, 0.1) is 19.2 Å². The molecule has 0 bridgehead atoms.